The van der Waals surface area contributed by atoms with Crippen LogP contribution in [0.3, 0.4) is 0 Å². The molecular formula is C9H9N5O2S2. The lowest BCUT2D eigenvalue weighted by Gasteiger charge is -2.02. The maximum atomic E-state index is 10.9. The molecule has 0 atom stereocenters. The van der Waals surface area contributed by atoms with Crippen LogP contribution < -0.4 is 11.3 Å². The number of nitrogens with zero attached hydrogens (tertiary/aromatic N) is 3. The molecule has 2 aromatic rings. The Morgan fingerprint density at radius 2 is 2.28 bits per heavy atom. The molecule has 0 radical (unpaired) electrons. The number of pyridine rings is 1. The highest BCUT2D eigenvalue weighted by Gasteiger charge is 2.18. The molecule has 0 spiro atoms. The van der Waals surface area contributed by atoms with Crippen LogP contribution in [0.2, 0.25) is 0 Å². The molecule has 0 aliphatic rings. The number of nitrogens with two attached hydrogens (primary N) is 1. The third-order valence-electron chi connectivity index (χ3n) is 1.97. The summed E-state index contributed by atoms with van der Waals surface area (Å²) in [6.07, 6.45) is 0. The minimum Gasteiger partial charge on any atom is -0.308 e. The lowest BCUT2D eigenvalue weighted by atomic mass is 10.4. The Kier molecular flexibility index (Phi) is 3.75. The third-order valence-corrected chi connectivity index (χ3v) is 4.02. The molecule has 3 N–H and O–H groups in total. The summed E-state index contributed by atoms with van der Waals surface area (Å²) < 4.78 is 0.706. The number of anilines is 1. The minimum absolute atomic E-state index is 0.0631. The van der Waals surface area contributed by atoms with Crippen molar-refractivity contribution in [2.75, 3.05) is 5.43 Å². The van der Waals surface area contributed by atoms with Crippen molar-refractivity contribution in [2.24, 2.45) is 5.84 Å². The van der Waals surface area contributed by atoms with Crippen LogP contribution in [0.25, 0.3) is 0 Å². The van der Waals surface area contributed by atoms with Crippen LogP contribution in [0.5, 0.6) is 0 Å². The fraction of sp³-hybridized carbons (Fsp3) is 0.111. The van der Waals surface area contributed by atoms with Gasteiger partial charge in [-0.25, -0.2) is 15.8 Å². The number of nitrogens with one attached hydrogen (secondary N) is 1. The Morgan fingerprint density at radius 3 is 2.83 bits per heavy atom. The van der Waals surface area contributed by atoms with Gasteiger partial charge in [0.1, 0.15) is 5.82 Å². The van der Waals surface area contributed by atoms with Crippen molar-refractivity contribution in [1.29, 1.82) is 0 Å². The first-order valence-electron chi connectivity index (χ1n) is 4.82. The van der Waals surface area contributed by atoms with Crippen LogP contribution in [0.4, 0.5) is 11.5 Å². The molecule has 0 bridgehead atoms. The number of nitrogen functional groups attached to an aromatic ring is 1. The molecule has 0 aromatic carbocycles. The smallest absolute Gasteiger partial charge is 0.301 e. The van der Waals surface area contributed by atoms with E-state index < -0.39 is 4.92 Å². The van der Waals surface area contributed by atoms with E-state index >= 15 is 0 Å². The highest BCUT2D eigenvalue weighted by molar-refractivity contribution is 8.01. The van der Waals surface area contributed by atoms with Crippen LogP contribution in [0, 0.1) is 17.0 Å². The predicted molar refractivity (Wildman–Crippen MR) is 69.7 cm³/mol. The summed E-state index contributed by atoms with van der Waals surface area (Å²) in [4.78, 5) is 18.7. The first kappa shape index (κ1) is 12.7. The van der Waals surface area contributed by atoms with Gasteiger partial charge in [-0.3, -0.25) is 10.1 Å². The number of aromatic nitrogens is 2. The zero-order valence-electron chi connectivity index (χ0n) is 9.28. The van der Waals surface area contributed by atoms with E-state index in [1.54, 1.807) is 0 Å². The maximum Gasteiger partial charge on any atom is 0.301 e. The molecule has 0 aliphatic carbocycles. The van der Waals surface area contributed by atoms with Gasteiger partial charge in [-0.05, 0) is 24.8 Å². The monoisotopic (exact) mass is 283 g/mol. The molecular weight excluding hydrogens is 274 g/mol. The highest BCUT2D eigenvalue weighted by Crippen LogP contribution is 2.35. The van der Waals surface area contributed by atoms with Crippen molar-refractivity contribution in [3.8, 4) is 0 Å². The molecule has 7 nitrogen and oxygen atoms in total. The summed E-state index contributed by atoms with van der Waals surface area (Å²) in [5, 5.41) is 13.0. The van der Waals surface area contributed by atoms with Gasteiger partial charge in [0, 0.05) is 17.1 Å². The molecule has 0 fully saturated rings. The summed E-state index contributed by atoms with van der Waals surface area (Å²) in [6.45, 7) is 1.86. The van der Waals surface area contributed by atoms with Crippen LogP contribution in [0.15, 0.2) is 26.9 Å². The number of nitro groups is 1. The van der Waals surface area contributed by atoms with E-state index in [1.165, 1.54) is 23.5 Å². The molecule has 94 valence electrons. The number of rotatable bonds is 4. The van der Waals surface area contributed by atoms with E-state index in [0.717, 1.165) is 17.5 Å². The molecule has 2 rings (SSSR count). The lowest BCUT2D eigenvalue weighted by molar-refractivity contribution is -0.388. The standard InChI is InChI=1S/C9H9N5O2S2/c1-5-4-17-9(11-5)18-8-6(14(15)16)2-3-7(12-8)13-10/h2-4H,10H2,1H3,(H,12,13). The number of hydrogen-bond donors (Lipinski definition) is 2. The van der Waals surface area contributed by atoms with Crippen LogP contribution >= 0.6 is 23.1 Å². The van der Waals surface area contributed by atoms with Crippen molar-refractivity contribution in [2.45, 2.75) is 16.3 Å². The Balaban J connectivity index is 2.37. The van der Waals surface area contributed by atoms with Gasteiger partial charge in [0.2, 0.25) is 0 Å². The minimum atomic E-state index is -0.476. The number of hydrogen-bond acceptors (Lipinski definition) is 8. The van der Waals surface area contributed by atoms with Gasteiger partial charge >= 0.3 is 5.69 Å². The SMILES string of the molecule is Cc1csc(Sc2nc(NN)ccc2[N+](=O)[O-])n1. The molecule has 18 heavy (non-hydrogen) atoms. The van der Waals surface area contributed by atoms with Crippen molar-refractivity contribution < 1.29 is 4.92 Å². The fourth-order valence-electron chi connectivity index (χ4n) is 1.19. The van der Waals surface area contributed by atoms with Crippen LogP contribution in [-0.2, 0) is 0 Å². The Hall–Kier alpha value is -1.71. The molecule has 0 saturated carbocycles. The average Bonchev–Trinajstić information content (AvgIpc) is 2.74. The number of aryl methyl sites for hydroxylation is 1. The van der Waals surface area contributed by atoms with Gasteiger partial charge in [-0.2, -0.15) is 0 Å². The van der Waals surface area contributed by atoms with Crippen molar-refractivity contribution in [1.82, 2.24) is 9.97 Å². The first-order chi connectivity index (χ1) is 8.60. The Bertz CT molecular complexity index is 586. The molecule has 0 saturated heterocycles. The predicted octanol–water partition coefficient (Wildman–Crippen LogP) is 2.19. The van der Waals surface area contributed by atoms with Gasteiger partial charge in [-0.1, -0.05) is 0 Å². The van der Waals surface area contributed by atoms with E-state index in [1.807, 2.05) is 12.3 Å². The van der Waals surface area contributed by atoms with Gasteiger partial charge in [-0.15, -0.1) is 11.3 Å². The summed E-state index contributed by atoms with van der Waals surface area (Å²) in [5.41, 5.74) is 3.17. The summed E-state index contributed by atoms with van der Waals surface area (Å²) in [6, 6.07) is 2.82. The van der Waals surface area contributed by atoms with Crippen LogP contribution in [0.1, 0.15) is 5.69 Å². The molecule has 0 unspecified atom stereocenters. The second-order valence-electron chi connectivity index (χ2n) is 3.28. The summed E-state index contributed by atoms with van der Waals surface area (Å²) in [5.74, 6) is 5.61. The highest BCUT2D eigenvalue weighted by atomic mass is 32.2. The first-order valence-corrected chi connectivity index (χ1v) is 6.52. The van der Waals surface area contributed by atoms with E-state index in [2.05, 4.69) is 15.4 Å². The van der Waals surface area contributed by atoms with Crippen molar-refractivity contribution in [3.05, 3.63) is 33.3 Å². The zero-order chi connectivity index (χ0) is 13.1. The van der Waals surface area contributed by atoms with Gasteiger partial charge < -0.3 is 5.43 Å². The maximum absolute atomic E-state index is 10.9. The van der Waals surface area contributed by atoms with E-state index in [0.29, 0.717) is 10.2 Å². The number of hydrazine groups is 1. The zero-order valence-corrected chi connectivity index (χ0v) is 10.9. The van der Waals surface area contributed by atoms with Crippen molar-refractivity contribution in [3.63, 3.8) is 0 Å². The van der Waals surface area contributed by atoms with E-state index in [-0.39, 0.29) is 10.7 Å². The van der Waals surface area contributed by atoms with Crippen molar-refractivity contribution >= 4 is 34.6 Å². The lowest BCUT2D eigenvalue weighted by Crippen LogP contribution is -2.09. The van der Waals surface area contributed by atoms with E-state index in [9.17, 15) is 10.1 Å². The number of thiazole rings is 1. The second-order valence-corrected chi connectivity index (χ2v) is 5.37. The normalized spacial score (nSPS) is 10.3. The Morgan fingerprint density at radius 1 is 1.50 bits per heavy atom. The molecule has 2 aromatic heterocycles. The Labute approximate surface area is 111 Å². The largest absolute Gasteiger partial charge is 0.308 e. The second kappa shape index (κ2) is 5.29. The molecule has 0 aliphatic heterocycles. The molecule has 2 heterocycles. The van der Waals surface area contributed by atoms with E-state index in [4.69, 9.17) is 5.84 Å². The molecule has 9 heteroatoms. The average molecular weight is 283 g/mol. The van der Waals surface area contributed by atoms with Gasteiger partial charge in [0.15, 0.2) is 9.37 Å². The summed E-state index contributed by atoms with van der Waals surface area (Å²) >= 11 is 2.57. The molecule has 0 amide bonds. The fourth-order valence-corrected chi connectivity index (χ4v) is 3.03. The van der Waals surface area contributed by atoms with Gasteiger partial charge in [0.25, 0.3) is 0 Å². The topological polar surface area (TPSA) is 107 Å². The quantitative estimate of drug-likeness (QED) is 0.503. The summed E-state index contributed by atoms with van der Waals surface area (Å²) in [7, 11) is 0. The van der Waals surface area contributed by atoms with Gasteiger partial charge in [0.05, 0.1) is 4.92 Å². The van der Waals surface area contributed by atoms with Crippen LogP contribution in [-0.4, -0.2) is 14.9 Å². The third kappa shape index (κ3) is 2.75.